The lowest BCUT2D eigenvalue weighted by Gasteiger charge is -2.09. The number of nitrogens with zero attached hydrogens (tertiary/aromatic N) is 3. The molecule has 9 heteroatoms. The van der Waals surface area contributed by atoms with Gasteiger partial charge in [-0.05, 0) is 66.1 Å². The monoisotopic (exact) mass is 487 g/mol. The van der Waals surface area contributed by atoms with Gasteiger partial charge in [0, 0.05) is 5.02 Å². The van der Waals surface area contributed by atoms with Gasteiger partial charge in [0.15, 0.2) is 5.78 Å². The third-order valence-corrected chi connectivity index (χ3v) is 7.74. The molecule has 158 valence electrons. The largest absolute Gasteiger partial charge is 0.496 e. The molecule has 4 aromatic rings. The number of thiophene rings is 2. The molecular weight excluding hydrogens is 470 g/mol. The first-order valence-electron chi connectivity index (χ1n) is 9.31. The Kier molecular flexibility index (Phi) is 6.71. The van der Waals surface area contributed by atoms with Gasteiger partial charge in [-0.15, -0.1) is 32.9 Å². The molecule has 0 fully saturated rings. The zero-order valence-electron chi connectivity index (χ0n) is 17.0. The van der Waals surface area contributed by atoms with Crippen LogP contribution in [0.25, 0.3) is 21.1 Å². The van der Waals surface area contributed by atoms with Crippen molar-refractivity contribution < 1.29 is 9.53 Å². The molecule has 0 spiro atoms. The molecule has 0 aliphatic carbocycles. The number of Topliss-reactive ketones (excluding diaryl/α,β-unsaturated/α-hetero) is 1. The Labute approximate surface area is 197 Å². The minimum Gasteiger partial charge on any atom is -0.496 e. The molecule has 0 aliphatic heterocycles. The summed E-state index contributed by atoms with van der Waals surface area (Å²) in [4.78, 5) is 19.7. The molecule has 1 aromatic carbocycles. The molecule has 3 aromatic heterocycles. The van der Waals surface area contributed by atoms with Crippen molar-refractivity contribution in [2.24, 2.45) is 0 Å². The summed E-state index contributed by atoms with van der Waals surface area (Å²) in [6.07, 6.45) is 0. The number of aromatic nitrogens is 3. The van der Waals surface area contributed by atoms with Crippen molar-refractivity contribution in [2.45, 2.75) is 19.0 Å². The van der Waals surface area contributed by atoms with E-state index in [1.807, 2.05) is 10.8 Å². The quantitative estimate of drug-likeness (QED) is 0.216. The van der Waals surface area contributed by atoms with Crippen molar-refractivity contribution in [2.75, 3.05) is 12.9 Å². The Morgan fingerprint density at radius 3 is 2.32 bits per heavy atom. The highest BCUT2D eigenvalue weighted by Gasteiger charge is 2.20. The smallest absolute Gasteiger partial charge is 0.210 e. The van der Waals surface area contributed by atoms with Gasteiger partial charge < -0.3 is 4.74 Å². The normalized spacial score (nSPS) is 11.0. The Hall–Kier alpha value is -2.26. The van der Waals surface area contributed by atoms with E-state index in [4.69, 9.17) is 21.3 Å². The van der Waals surface area contributed by atoms with Crippen molar-refractivity contribution in [3.05, 3.63) is 62.8 Å². The van der Waals surface area contributed by atoms with Crippen LogP contribution in [0, 0.1) is 13.8 Å². The summed E-state index contributed by atoms with van der Waals surface area (Å²) in [5, 5.41) is 13.8. The van der Waals surface area contributed by atoms with Gasteiger partial charge in [-0.1, -0.05) is 23.4 Å². The number of hydrogen-bond donors (Lipinski definition) is 0. The van der Waals surface area contributed by atoms with Crippen LogP contribution in [0.3, 0.4) is 0 Å². The molecule has 0 saturated heterocycles. The number of hydrogen-bond acceptors (Lipinski definition) is 8. The van der Waals surface area contributed by atoms with Crippen LogP contribution in [0.2, 0.25) is 5.02 Å². The van der Waals surface area contributed by atoms with Crippen LogP contribution in [0.15, 0.2) is 46.2 Å². The second-order valence-corrected chi connectivity index (χ2v) is 9.92. The molecule has 0 unspecified atom stereocenters. The standard InChI is InChI=1S/C22H18ClN3O2S3/c1-12-6-8-29-20(12)18-19(21-13(2)7-9-30-21)25-26-22(24-18)31-11-16(27)15-10-14(23)4-5-17(15)28-3/h4-10H,11H2,1-3H3. The van der Waals surface area contributed by atoms with Gasteiger partial charge in [0.05, 0.1) is 28.2 Å². The summed E-state index contributed by atoms with van der Waals surface area (Å²) < 4.78 is 5.29. The van der Waals surface area contributed by atoms with Gasteiger partial charge in [-0.3, -0.25) is 4.79 Å². The SMILES string of the molecule is COc1ccc(Cl)cc1C(=O)CSc1nnc(-c2sccc2C)c(-c2sccc2C)n1. The van der Waals surface area contributed by atoms with Crippen molar-refractivity contribution in [1.82, 2.24) is 15.2 Å². The zero-order chi connectivity index (χ0) is 22.0. The number of thioether (sulfide) groups is 1. The third kappa shape index (κ3) is 4.67. The number of halogens is 1. The molecule has 0 amide bonds. The summed E-state index contributed by atoms with van der Waals surface area (Å²) >= 11 is 10.6. The van der Waals surface area contributed by atoms with Gasteiger partial charge >= 0.3 is 0 Å². The Bertz CT molecular complexity index is 1250. The summed E-state index contributed by atoms with van der Waals surface area (Å²) in [6, 6.07) is 9.12. The van der Waals surface area contributed by atoms with Crippen molar-refractivity contribution >= 4 is 51.8 Å². The van der Waals surface area contributed by atoms with Gasteiger partial charge in [-0.25, -0.2) is 4.98 Å². The zero-order valence-corrected chi connectivity index (χ0v) is 20.2. The van der Waals surface area contributed by atoms with E-state index in [9.17, 15) is 4.79 Å². The molecule has 3 heterocycles. The van der Waals surface area contributed by atoms with Crippen LogP contribution >= 0.6 is 46.0 Å². The minimum atomic E-state index is -0.111. The highest BCUT2D eigenvalue weighted by Crippen LogP contribution is 2.38. The summed E-state index contributed by atoms with van der Waals surface area (Å²) in [5.74, 6) is 0.533. The lowest BCUT2D eigenvalue weighted by Crippen LogP contribution is -2.06. The lowest BCUT2D eigenvalue weighted by atomic mass is 10.1. The molecule has 31 heavy (non-hydrogen) atoms. The first-order valence-corrected chi connectivity index (χ1v) is 12.4. The maximum absolute atomic E-state index is 12.8. The molecule has 5 nitrogen and oxygen atoms in total. The minimum absolute atomic E-state index is 0.111. The van der Waals surface area contributed by atoms with Crippen LogP contribution < -0.4 is 4.74 Å². The first kappa shape index (κ1) is 22.0. The van der Waals surface area contributed by atoms with Crippen molar-refractivity contribution in [1.29, 1.82) is 0 Å². The number of ether oxygens (including phenoxy) is 1. The van der Waals surface area contributed by atoms with E-state index >= 15 is 0 Å². The Morgan fingerprint density at radius 1 is 1.03 bits per heavy atom. The molecule has 0 N–H and O–H groups in total. The first-order chi connectivity index (χ1) is 15.0. The average Bonchev–Trinajstić information content (AvgIpc) is 3.39. The fourth-order valence-electron chi connectivity index (χ4n) is 3.02. The number of carbonyl (C=O) groups is 1. The second-order valence-electron chi connectivity index (χ2n) is 6.71. The highest BCUT2D eigenvalue weighted by atomic mass is 35.5. The predicted octanol–water partition coefficient (Wildman–Crippen LogP) is 6.58. The van der Waals surface area contributed by atoms with Gasteiger partial charge in [0.1, 0.15) is 17.1 Å². The maximum atomic E-state index is 12.8. The number of ketones is 1. The number of rotatable bonds is 7. The van der Waals surface area contributed by atoms with Crippen molar-refractivity contribution in [3.8, 4) is 26.9 Å². The Balaban J connectivity index is 1.65. The summed E-state index contributed by atoms with van der Waals surface area (Å²) in [5.41, 5.74) is 4.28. The molecule has 0 saturated carbocycles. The van der Waals surface area contributed by atoms with E-state index in [-0.39, 0.29) is 11.5 Å². The number of aryl methyl sites for hydroxylation is 2. The fraction of sp³-hybridized carbons (Fsp3) is 0.182. The van der Waals surface area contributed by atoms with Gasteiger partial charge in [0.25, 0.3) is 0 Å². The lowest BCUT2D eigenvalue weighted by molar-refractivity contribution is 0.101. The third-order valence-electron chi connectivity index (χ3n) is 4.62. The van der Waals surface area contributed by atoms with Crippen LogP contribution in [0.1, 0.15) is 21.5 Å². The van der Waals surface area contributed by atoms with Crippen molar-refractivity contribution in [3.63, 3.8) is 0 Å². The van der Waals surface area contributed by atoms with E-state index in [0.717, 1.165) is 32.3 Å². The summed E-state index contributed by atoms with van der Waals surface area (Å²) in [7, 11) is 1.53. The van der Waals surface area contributed by atoms with Crippen LogP contribution in [0.5, 0.6) is 5.75 Å². The number of benzene rings is 1. The molecule has 0 aliphatic rings. The number of methoxy groups -OCH3 is 1. The highest BCUT2D eigenvalue weighted by molar-refractivity contribution is 7.99. The summed E-state index contributed by atoms with van der Waals surface area (Å²) in [6.45, 7) is 4.11. The van der Waals surface area contributed by atoms with E-state index < -0.39 is 0 Å². The van der Waals surface area contributed by atoms with Crippen LogP contribution in [0.4, 0.5) is 0 Å². The Morgan fingerprint density at radius 2 is 1.71 bits per heavy atom. The predicted molar refractivity (Wildman–Crippen MR) is 129 cm³/mol. The van der Waals surface area contributed by atoms with Gasteiger partial charge in [0.2, 0.25) is 5.16 Å². The fourth-order valence-corrected chi connectivity index (χ4v) is 5.69. The van der Waals surface area contributed by atoms with E-state index in [1.165, 1.54) is 18.9 Å². The maximum Gasteiger partial charge on any atom is 0.210 e. The van der Waals surface area contributed by atoms with Crippen LogP contribution in [-0.2, 0) is 0 Å². The van der Waals surface area contributed by atoms with Crippen LogP contribution in [-0.4, -0.2) is 33.8 Å². The molecular formula is C22H18ClN3O2S3. The van der Waals surface area contributed by atoms with E-state index in [1.54, 1.807) is 40.9 Å². The molecule has 0 atom stereocenters. The topological polar surface area (TPSA) is 65.0 Å². The van der Waals surface area contributed by atoms with Gasteiger partial charge in [-0.2, -0.15) is 0 Å². The molecule has 0 bridgehead atoms. The van der Waals surface area contributed by atoms with E-state index in [0.29, 0.717) is 21.5 Å². The van der Waals surface area contributed by atoms with E-state index in [2.05, 4.69) is 36.2 Å². The molecule has 0 radical (unpaired) electrons. The number of carbonyl (C=O) groups excluding carboxylic acids is 1. The molecule has 4 rings (SSSR count). The average molecular weight is 488 g/mol. The second kappa shape index (κ2) is 9.48.